The van der Waals surface area contributed by atoms with Crippen LogP contribution in [0.1, 0.15) is 26.2 Å². The summed E-state index contributed by atoms with van der Waals surface area (Å²) in [4.78, 5) is 10.5. The summed E-state index contributed by atoms with van der Waals surface area (Å²) in [6.07, 6.45) is 2.00. The van der Waals surface area contributed by atoms with E-state index < -0.39 is 0 Å². The summed E-state index contributed by atoms with van der Waals surface area (Å²) in [5.74, 6) is -0.374. The van der Waals surface area contributed by atoms with Gasteiger partial charge in [0.2, 0.25) is 5.91 Å². The monoisotopic (exact) mass is 174 g/mol. The molecule has 0 aliphatic carbocycles. The lowest BCUT2D eigenvalue weighted by Gasteiger charge is -2.20. The number of hydrogen-bond acceptors (Lipinski definition) is 3. The van der Waals surface area contributed by atoms with Crippen LogP contribution in [0.25, 0.3) is 0 Å². The van der Waals surface area contributed by atoms with Crippen molar-refractivity contribution >= 4 is 5.91 Å². The van der Waals surface area contributed by atoms with Crippen LogP contribution in [0, 0.1) is 0 Å². The highest BCUT2D eigenvalue weighted by Gasteiger charge is 2.17. The van der Waals surface area contributed by atoms with Gasteiger partial charge in [-0.3, -0.25) is 4.79 Å². The van der Waals surface area contributed by atoms with E-state index in [2.05, 4.69) is 0 Å². The molecule has 2 unspecified atom stereocenters. The summed E-state index contributed by atoms with van der Waals surface area (Å²) in [5, 5.41) is 0. The van der Waals surface area contributed by atoms with E-state index in [1.807, 2.05) is 6.92 Å². The molecule has 0 aliphatic heterocycles. The summed E-state index contributed by atoms with van der Waals surface area (Å²) in [6, 6.07) is -0.271. The molecule has 0 saturated heterocycles. The van der Waals surface area contributed by atoms with Crippen LogP contribution in [0.5, 0.6) is 0 Å². The minimum atomic E-state index is -0.374. The number of ether oxygens (including phenoxy) is 1. The van der Waals surface area contributed by atoms with Crippen LogP contribution in [-0.2, 0) is 9.53 Å². The van der Waals surface area contributed by atoms with Gasteiger partial charge >= 0.3 is 0 Å². The van der Waals surface area contributed by atoms with Crippen molar-refractivity contribution in [1.29, 1.82) is 0 Å². The Balaban J connectivity index is 3.84. The van der Waals surface area contributed by atoms with Crippen molar-refractivity contribution in [3.8, 4) is 0 Å². The molecule has 0 bridgehead atoms. The van der Waals surface area contributed by atoms with Gasteiger partial charge in [-0.1, -0.05) is 13.3 Å². The highest BCUT2D eigenvalue weighted by Crippen LogP contribution is 2.06. The Bertz CT molecular complexity index is 139. The molecule has 0 aromatic carbocycles. The van der Waals surface area contributed by atoms with Gasteiger partial charge in [-0.15, -0.1) is 0 Å². The Hall–Kier alpha value is -0.610. The van der Waals surface area contributed by atoms with Crippen LogP contribution < -0.4 is 11.5 Å². The first-order chi connectivity index (χ1) is 5.61. The second kappa shape index (κ2) is 5.97. The maximum atomic E-state index is 10.5. The number of amides is 1. The minimum absolute atomic E-state index is 0.0532. The lowest BCUT2D eigenvalue weighted by Crippen LogP contribution is -2.39. The van der Waals surface area contributed by atoms with E-state index in [9.17, 15) is 4.79 Å². The molecule has 4 N–H and O–H groups in total. The molecule has 4 nitrogen and oxygen atoms in total. The molecule has 0 radical (unpaired) electrons. The van der Waals surface area contributed by atoms with Crippen molar-refractivity contribution in [3.05, 3.63) is 0 Å². The Morgan fingerprint density at radius 2 is 2.17 bits per heavy atom. The molecule has 2 atom stereocenters. The normalized spacial score (nSPS) is 15.6. The highest BCUT2D eigenvalue weighted by molar-refractivity contribution is 5.74. The molecule has 0 saturated carbocycles. The van der Waals surface area contributed by atoms with E-state index in [4.69, 9.17) is 16.2 Å². The van der Waals surface area contributed by atoms with Crippen LogP contribution in [0.15, 0.2) is 0 Å². The summed E-state index contributed by atoms with van der Waals surface area (Å²) in [5.41, 5.74) is 10.7. The van der Waals surface area contributed by atoms with Gasteiger partial charge in [0.05, 0.1) is 6.10 Å². The Labute approximate surface area is 73.2 Å². The van der Waals surface area contributed by atoms with Gasteiger partial charge in [0.25, 0.3) is 0 Å². The first-order valence-electron chi connectivity index (χ1n) is 4.18. The summed E-state index contributed by atoms with van der Waals surface area (Å²) < 4.78 is 5.12. The zero-order chi connectivity index (χ0) is 9.56. The Morgan fingerprint density at radius 1 is 1.58 bits per heavy atom. The van der Waals surface area contributed by atoms with Crippen LogP contribution in [0.2, 0.25) is 0 Å². The third-order valence-electron chi connectivity index (χ3n) is 1.79. The maximum Gasteiger partial charge on any atom is 0.219 e. The number of carbonyl (C=O) groups is 1. The van der Waals surface area contributed by atoms with Crippen LogP contribution >= 0.6 is 0 Å². The van der Waals surface area contributed by atoms with Gasteiger partial charge in [0.15, 0.2) is 0 Å². The highest BCUT2D eigenvalue weighted by atomic mass is 16.5. The average molecular weight is 174 g/mol. The zero-order valence-corrected chi connectivity index (χ0v) is 7.75. The predicted octanol–water partition coefficient (Wildman–Crippen LogP) is 0.00420. The third kappa shape index (κ3) is 4.31. The fourth-order valence-electron chi connectivity index (χ4n) is 1.15. The van der Waals surface area contributed by atoms with E-state index in [1.165, 1.54) is 0 Å². The maximum absolute atomic E-state index is 10.5. The van der Waals surface area contributed by atoms with Crippen molar-refractivity contribution in [3.63, 3.8) is 0 Å². The Kier molecular flexibility index (Phi) is 5.66. The first-order valence-corrected chi connectivity index (χ1v) is 4.18. The molecule has 72 valence electrons. The third-order valence-corrected chi connectivity index (χ3v) is 1.79. The van der Waals surface area contributed by atoms with Crippen molar-refractivity contribution in [2.45, 2.75) is 38.3 Å². The van der Waals surface area contributed by atoms with Crippen molar-refractivity contribution in [2.24, 2.45) is 11.5 Å². The number of rotatable bonds is 6. The molecule has 0 spiro atoms. The van der Waals surface area contributed by atoms with Gasteiger partial charge < -0.3 is 16.2 Å². The van der Waals surface area contributed by atoms with Gasteiger partial charge in [-0.2, -0.15) is 0 Å². The fourth-order valence-corrected chi connectivity index (χ4v) is 1.15. The van der Waals surface area contributed by atoms with Crippen molar-refractivity contribution in [2.75, 3.05) is 7.11 Å². The molecule has 1 amide bonds. The number of nitrogens with two attached hydrogens (primary N) is 2. The van der Waals surface area contributed by atoms with Crippen molar-refractivity contribution < 1.29 is 9.53 Å². The molecule has 0 aromatic rings. The second-order valence-corrected chi connectivity index (χ2v) is 2.90. The minimum Gasteiger partial charge on any atom is -0.380 e. The summed E-state index contributed by atoms with van der Waals surface area (Å²) >= 11 is 0. The SMILES string of the molecule is CCCC(OC)C(N)CC(N)=O. The van der Waals surface area contributed by atoms with E-state index in [0.29, 0.717) is 0 Å². The predicted molar refractivity (Wildman–Crippen MR) is 47.5 cm³/mol. The number of methoxy groups -OCH3 is 1. The molecular formula is C8H18N2O2. The van der Waals surface area contributed by atoms with Gasteiger partial charge in [-0.05, 0) is 6.42 Å². The Morgan fingerprint density at radius 3 is 2.50 bits per heavy atom. The molecule has 0 fully saturated rings. The molecule has 0 aromatic heterocycles. The first kappa shape index (κ1) is 11.4. The van der Waals surface area contributed by atoms with E-state index in [0.717, 1.165) is 12.8 Å². The molecule has 0 aliphatic rings. The van der Waals surface area contributed by atoms with Gasteiger partial charge in [-0.25, -0.2) is 0 Å². The number of hydrogen-bond donors (Lipinski definition) is 2. The van der Waals surface area contributed by atoms with Crippen LogP contribution in [0.3, 0.4) is 0 Å². The average Bonchev–Trinajstić information content (AvgIpc) is 1.98. The molecule has 0 rings (SSSR count). The number of primary amides is 1. The van der Waals surface area contributed by atoms with Gasteiger partial charge in [0, 0.05) is 19.6 Å². The molecule has 12 heavy (non-hydrogen) atoms. The fraction of sp³-hybridized carbons (Fsp3) is 0.875. The molecule has 0 heterocycles. The smallest absolute Gasteiger partial charge is 0.219 e. The second-order valence-electron chi connectivity index (χ2n) is 2.90. The van der Waals surface area contributed by atoms with Crippen molar-refractivity contribution in [1.82, 2.24) is 0 Å². The standard InChI is InChI=1S/C8H18N2O2/c1-3-4-7(12-2)6(9)5-8(10)11/h6-7H,3-5,9H2,1-2H3,(H2,10,11). The van der Waals surface area contributed by atoms with Gasteiger partial charge in [0.1, 0.15) is 0 Å². The lowest BCUT2D eigenvalue weighted by molar-refractivity contribution is -0.119. The van der Waals surface area contributed by atoms with E-state index in [-0.39, 0.29) is 24.5 Å². The quantitative estimate of drug-likeness (QED) is 0.595. The lowest BCUT2D eigenvalue weighted by atomic mass is 10.0. The topological polar surface area (TPSA) is 78.3 Å². The van der Waals surface area contributed by atoms with Crippen LogP contribution in [0.4, 0.5) is 0 Å². The number of carbonyl (C=O) groups excluding carboxylic acids is 1. The molecule has 4 heteroatoms. The van der Waals surface area contributed by atoms with E-state index in [1.54, 1.807) is 7.11 Å². The molecular weight excluding hydrogens is 156 g/mol. The van der Waals surface area contributed by atoms with E-state index >= 15 is 0 Å². The van der Waals surface area contributed by atoms with Crippen LogP contribution in [-0.4, -0.2) is 25.2 Å². The zero-order valence-electron chi connectivity index (χ0n) is 7.75. The summed E-state index contributed by atoms with van der Waals surface area (Å²) in [7, 11) is 1.60. The summed E-state index contributed by atoms with van der Waals surface area (Å²) in [6.45, 7) is 2.04. The largest absolute Gasteiger partial charge is 0.380 e.